The SMILES string of the molecule is CC(C)(C)c1cnc(CN2CCC(CN3CCOCC3)CC2)o1. The van der Waals surface area contributed by atoms with Gasteiger partial charge in [0.1, 0.15) is 5.76 Å². The van der Waals surface area contributed by atoms with Gasteiger partial charge in [0, 0.05) is 25.0 Å². The largest absolute Gasteiger partial charge is 0.444 e. The van der Waals surface area contributed by atoms with E-state index in [1.54, 1.807) is 0 Å². The number of aromatic nitrogens is 1. The molecule has 0 saturated carbocycles. The van der Waals surface area contributed by atoms with Gasteiger partial charge in [0.2, 0.25) is 5.89 Å². The molecule has 23 heavy (non-hydrogen) atoms. The van der Waals surface area contributed by atoms with Crippen molar-refractivity contribution in [1.82, 2.24) is 14.8 Å². The molecule has 2 fully saturated rings. The molecule has 0 radical (unpaired) electrons. The minimum Gasteiger partial charge on any atom is -0.444 e. The molecule has 1 aromatic heterocycles. The van der Waals surface area contributed by atoms with E-state index in [0.29, 0.717) is 0 Å². The molecule has 3 heterocycles. The van der Waals surface area contributed by atoms with Crippen molar-refractivity contribution < 1.29 is 9.15 Å². The third-order valence-electron chi connectivity index (χ3n) is 4.98. The van der Waals surface area contributed by atoms with Crippen molar-refractivity contribution >= 4 is 0 Å². The highest BCUT2D eigenvalue weighted by Gasteiger charge is 2.24. The maximum atomic E-state index is 5.92. The number of piperidine rings is 1. The summed E-state index contributed by atoms with van der Waals surface area (Å²) < 4.78 is 11.4. The van der Waals surface area contributed by atoms with Crippen molar-refractivity contribution in [3.05, 3.63) is 17.8 Å². The smallest absolute Gasteiger partial charge is 0.208 e. The molecule has 3 rings (SSSR count). The fraction of sp³-hybridized carbons (Fsp3) is 0.833. The van der Waals surface area contributed by atoms with Gasteiger partial charge in [0.15, 0.2) is 0 Å². The highest BCUT2D eigenvalue weighted by atomic mass is 16.5. The monoisotopic (exact) mass is 321 g/mol. The summed E-state index contributed by atoms with van der Waals surface area (Å²) in [4.78, 5) is 9.50. The number of ether oxygens (including phenoxy) is 1. The molecule has 0 bridgehead atoms. The molecule has 5 heteroatoms. The predicted molar refractivity (Wildman–Crippen MR) is 90.5 cm³/mol. The van der Waals surface area contributed by atoms with Crippen LogP contribution in [0.25, 0.3) is 0 Å². The number of likely N-dealkylation sites (tertiary alicyclic amines) is 1. The average molecular weight is 321 g/mol. The van der Waals surface area contributed by atoms with Crippen LogP contribution in [0.3, 0.4) is 0 Å². The molecule has 0 spiro atoms. The zero-order valence-corrected chi connectivity index (χ0v) is 14.9. The standard InChI is InChI=1S/C18H31N3O2/c1-18(2,3)16-12-19-17(23-16)14-20-6-4-15(5-7-20)13-21-8-10-22-11-9-21/h12,15H,4-11,13-14H2,1-3H3. The molecule has 130 valence electrons. The summed E-state index contributed by atoms with van der Waals surface area (Å²) in [5, 5.41) is 0. The van der Waals surface area contributed by atoms with Gasteiger partial charge in [-0.15, -0.1) is 0 Å². The van der Waals surface area contributed by atoms with E-state index in [4.69, 9.17) is 9.15 Å². The Balaban J connectivity index is 1.43. The Labute approximate surface area is 140 Å². The Morgan fingerprint density at radius 3 is 2.39 bits per heavy atom. The number of oxazole rings is 1. The van der Waals surface area contributed by atoms with E-state index in [1.807, 2.05) is 6.20 Å². The summed E-state index contributed by atoms with van der Waals surface area (Å²) in [6.45, 7) is 14.9. The molecular weight excluding hydrogens is 290 g/mol. The van der Waals surface area contributed by atoms with Crippen LogP contribution in [0.1, 0.15) is 45.3 Å². The predicted octanol–water partition coefficient (Wildman–Crippen LogP) is 2.52. The maximum Gasteiger partial charge on any atom is 0.208 e. The Morgan fingerprint density at radius 1 is 1.09 bits per heavy atom. The van der Waals surface area contributed by atoms with Crippen LogP contribution in [0.4, 0.5) is 0 Å². The first-order valence-corrected chi connectivity index (χ1v) is 8.98. The topological polar surface area (TPSA) is 41.7 Å². The third-order valence-corrected chi connectivity index (χ3v) is 4.98. The van der Waals surface area contributed by atoms with Gasteiger partial charge in [-0.1, -0.05) is 20.8 Å². The highest BCUT2D eigenvalue weighted by Crippen LogP contribution is 2.24. The molecule has 0 aliphatic carbocycles. The molecule has 2 saturated heterocycles. The molecule has 0 aromatic carbocycles. The lowest BCUT2D eigenvalue weighted by molar-refractivity contribution is 0.0238. The summed E-state index contributed by atoms with van der Waals surface area (Å²) in [6, 6.07) is 0. The zero-order valence-electron chi connectivity index (χ0n) is 14.9. The van der Waals surface area contributed by atoms with Crippen LogP contribution in [-0.2, 0) is 16.7 Å². The number of nitrogens with zero attached hydrogens (tertiary/aromatic N) is 3. The normalized spacial score (nSPS) is 22.6. The lowest BCUT2D eigenvalue weighted by Crippen LogP contribution is -2.42. The first-order valence-electron chi connectivity index (χ1n) is 8.98. The van der Waals surface area contributed by atoms with Gasteiger partial charge in [-0.2, -0.15) is 0 Å². The van der Waals surface area contributed by atoms with Crippen molar-refractivity contribution in [3.8, 4) is 0 Å². The van der Waals surface area contributed by atoms with Crippen molar-refractivity contribution in [2.45, 2.75) is 45.6 Å². The van der Waals surface area contributed by atoms with Crippen LogP contribution in [0.2, 0.25) is 0 Å². The Bertz CT molecular complexity index is 481. The van der Waals surface area contributed by atoms with Crippen LogP contribution in [0, 0.1) is 5.92 Å². The molecular formula is C18H31N3O2. The second-order valence-electron chi connectivity index (χ2n) is 8.00. The molecule has 5 nitrogen and oxygen atoms in total. The van der Waals surface area contributed by atoms with Crippen molar-refractivity contribution in [2.24, 2.45) is 5.92 Å². The highest BCUT2D eigenvalue weighted by molar-refractivity contribution is 5.06. The van der Waals surface area contributed by atoms with Crippen molar-refractivity contribution in [1.29, 1.82) is 0 Å². The summed E-state index contributed by atoms with van der Waals surface area (Å²) >= 11 is 0. The first-order chi connectivity index (χ1) is 11.0. The molecule has 0 amide bonds. The summed E-state index contributed by atoms with van der Waals surface area (Å²) in [6.07, 6.45) is 4.45. The van der Waals surface area contributed by atoms with Gasteiger partial charge in [-0.25, -0.2) is 4.98 Å². The van der Waals surface area contributed by atoms with Crippen LogP contribution >= 0.6 is 0 Å². The minimum atomic E-state index is 0.0381. The summed E-state index contributed by atoms with van der Waals surface area (Å²) in [7, 11) is 0. The first kappa shape index (κ1) is 16.9. The van der Waals surface area contributed by atoms with Gasteiger partial charge in [-0.05, 0) is 31.8 Å². The van der Waals surface area contributed by atoms with Crippen LogP contribution in [0.15, 0.2) is 10.6 Å². The van der Waals surface area contributed by atoms with Gasteiger partial charge in [0.05, 0.1) is 26.0 Å². The number of rotatable bonds is 4. The second kappa shape index (κ2) is 7.32. The quantitative estimate of drug-likeness (QED) is 0.852. The number of morpholine rings is 1. The van der Waals surface area contributed by atoms with Gasteiger partial charge in [-0.3, -0.25) is 9.80 Å². The van der Waals surface area contributed by atoms with Crippen molar-refractivity contribution in [2.75, 3.05) is 45.9 Å². The Morgan fingerprint density at radius 2 is 1.78 bits per heavy atom. The van der Waals surface area contributed by atoms with Gasteiger partial charge < -0.3 is 9.15 Å². The zero-order chi connectivity index (χ0) is 16.3. The minimum absolute atomic E-state index is 0.0381. The lowest BCUT2D eigenvalue weighted by atomic mass is 9.94. The Kier molecular flexibility index (Phi) is 5.39. The molecule has 1 aromatic rings. The summed E-state index contributed by atoms with van der Waals surface area (Å²) in [5.74, 6) is 2.68. The van der Waals surface area contributed by atoms with E-state index in [2.05, 4.69) is 35.6 Å². The number of hydrogen-bond donors (Lipinski definition) is 0. The van der Waals surface area contributed by atoms with E-state index >= 15 is 0 Å². The summed E-state index contributed by atoms with van der Waals surface area (Å²) in [5.41, 5.74) is 0.0381. The molecule has 0 unspecified atom stereocenters. The molecule has 2 aliphatic rings. The fourth-order valence-electron chi connectivity index (χ4n) is 3.40. The van der Waals surface area contributed by atoms with Crippen LogP contribution in [0.5, 0.6) is 0 Å². The average Bonchev–Trinajstić information content (AvgIpc) is 2.99. The molecule has 0 N–H and O–H groups in total. The van der Waals surface area contributed by atoms with Crippen LogP contribution < -0.4 is 0 Å². The van der Waals surface area contributed by atoms with Crippen LogP contribution in [-0.4, -0.2) is 60.7 Å². The van der Waals surface area contributed by atoms with E-state index < -0.39 is 0 Å². The maximum absolute atomic E-state index is 5.92. The number of hydrogen-bond acceptors (Lipinski definition) is 5. The van der Waals surface area contributed by atoms with Gasteiger partial charge in [0.25, 0.3) is 0 Å². The van der Waals surface area contributed by atoms with E-state index in [9.17, 15) is 0 Å². The molecule has 2 aliphatic heterocycles. The Hall–Kier alpha value is -0.910. The molecule has 0 atom stereocenters. The fourth-order valence-corrected chi connectivity index (χ4v) is 3.40. The van der Waals surface area contributed by atoms with E-state index in [-0.39, 0.29) is 5.41 Å². The van der Waals surface area contributed by atoms with E-state index in [0.717, 1.165) is 63.5 Å². The van der Waals surface area contributed by atoms with Gasteiger partial charge >= 0.3 is 0 Å². The van der Waals surface area contributed by atoms with E-state index in [1.165, 1.54) is 19.4 Å². The lowest BCUT2D eigenvalue weighted by Gasteiger charge is -2.35. The van der Waals surface area contributed by atoms with Crippen molar-refractivity contribution in [3.63, 3.8) is 0 Å². The third kappa shape index (κ3) is 4.78. The second-order valence-corrected chi connectivity index (χ2v) is 8.00.